The van der Waals surface area contributed by atoms with Crippen LogP contribution in [0.5, 0.6) is 0 Å². The predicted molar refractivity (Wildman–Crippen MR) is 123 cm³/mol. The van der Waals surface area contributed by atoms with Crippen molar-refractivity contribution in [2.45, 2.75) is 57.1 Å². The summed E-state index contributed by atoms with van der Waals surface area (Å²) in [6.07, 6.45) is 5.35. The first-order valence-corrected chi connectivity index (χ1v) is 11.6. The number of hydrogen-bond acceptors (Lipinski definition) is 6. The Bertz CT molecular complexity index is 1220. The first-order valence-electron chi connectivity index (χ1n) is 11.6. The van der Waals surface area contributed by atoms with Gasteiger partial charge >= 0.3 is 5.92 Å². The van der Waals surface area contributed by atoms with Gasteiger partial charge in [0, 0.05) is 37.0 Å². The highest BCUT2D eigenvalue weighted by molar-refractivity contribution is 5.83. The molecule has 180 valence electrons. The molecule has 34 heavy (non-hydrogen) atoms. The molecule has 0 aromatic carbocycles. The van der Waals surface area contributed by atoms with Crippen molar-refractivity contribution in [3.63, 3.8) is 0 Å². The quantitative estimate of drug-likeness (QED) is 0.570. The maximum absolute atomic E-state index is 13.2. The Labute approximate surface area is 196 Å². The van der Waals surface area contributed by atoms with Gasteiger partial charge in [0.2, 0.25) is 0 Å². The summed E-state index contributed by atoms with van der Waals surface area (Å²) in [5.41, 5.74) is 0.233. The molecule has 0 radical (unpaired) electrons. The van der Waals surface area contributed by atoms with Crippen LogP contribution in [0.2, 0.25) is 0 Å². The molecule has 0 unspecified atom stereocenters. The van der Waals surface area contributed by atoms with E-state index in [9.17, 15) is 13.9 Å². The van der Waals surface area contributed by atoms with E-state index in [-0.39, 0.29) is 12.0 Å². The molecule has 1 aliphatic heterocycles. The average Bonchev–Trinajstić information content (AvgIpc) is 3.47. The largest absolute Gasteiger partial charge is 0.385 e. The Hall–Kier alpha value is -3.03. The van der Waals surface area contributed by atoms with Crippen molar-refractivity contribution in [2.24, 2.45) is 5.92 Å². The van der Waals surface area contributed by atoms with E-state index in [4.69, 9.17) is 9.72 Å². The van der Waals surface area contributed by atoms with Crippen LogP contribution in [-0.4, -0.2) is 61.8 Å². The lowest BCUT2D eigenvalue weighted by atomic mass is 9.75. The van der Waals surface area contributed by atoms with Crippen molar-refractivity contribution >= 4 is 16.9 Å². The van der Waals surface area contributed by atoms with E-state index in [0.717, 1.165) is 23.7 Å². The summed E-state index contributed by atoms with van der Waals surface area (Å²) in [6.45, 7) is 4.78. The van der Waals surface area contributed by atoms with Crippen molar-refractivity contribution in [1.29, 1.82) is 0 Å². The van der Waals surface area contributed by atoms with E-state index in [2.05, 4.69) is 33.0 Å². The molecule has 3 aromatic heterocycles. The molecule has 10 heteroatoms. The molecule has 3 aromatic rings. The molecular formula is C24H28F2N6O2. The Balaban J connectivity index is 1.55. The van der Waals surface area contributed by atoms with E-state index < -0.39 is 11.5 Å². The second-order valence-electron chi connectivity index (χ2n) is 9.34. The van der Waals surface area contributed by atoms with Gasteiger partial charge in [0.25, 0.3) is 0 Å². The van der Waals surface area contributed by atoms with Gasteiger partial charge in [-0.15, -0.1) is 0 Å². The zero-order chi connectivity index (χ0) is 23.9. The number of halogens is 2. The van der Waals surface area contributed by atoms with E-state index >= 15 is 0 Å². The SMILES string of the molecule is C[C@@H]1COCCN1c1cc(C2(O)CCC(C#CC(C)(F)F)CC2)c2cnn(-c3cc[nH]n3)c2n1. The topological polar surface area (TPSA) is 92.1 Å². The fourth-order valence-electron chi connectivity index (χ4n) is 4.86. The summed E-state index contributed by atoms with van der Waals surface area (Å²) in [6, 6.07) is 3.89. The van der Waals surface area contributed by atoms with Crippen LogP contribution in [0.4, 0.5) is 14.6 Å². The first kappa shape index (κ1) is 22.7. The van der Waals surface area contributed by atoms with Gasteiger partial charge in [-0.3, -0.25) is 5.10 Å². The number of pyridine rings is 1. The van der Waals surface area contributed by atoms with E-state index in [1.165, 1.54) is 0 Å². The number of morpholine rings is 1. The number of rotatable bonds is 3. The molecule has 2 aliphatic rings. The molecule has 8 nitrogen and oxygen atoms in total. The smallest absolute Gasteiger partial charge is 0.305 e. The highest BCUT2D eigenvalue weighted by Gasteiger charge is 2.38. The van der Waals surface area contributed by atoms with Gasteiger partial charge in [-0.25, -0.2) is 4.98 Å². The Morgan fingerprint density at radius 2 is 2.09 bits per heavy atom. The van der Waals surface area contributed by atoms with Gasteiger partial charge in [-0.1, -0.05) is 5.92 Å². The Morgan fingerprint density at radius 3 is 2.76 bits per heavy atom. The van der Waals surface area contributed by atoms with Gasteiger partial charge in [0.1, 0.15) is 5.82 Å². The number of fused-ring (bicyclic) bond motifs is 1. The molecule has 1 saturated heterocycles. The lowest BCUT2D eigenvalue weighted by Gasteiger charge is -2.37. The maximum Gasteiger partial charge on any atom is 0.305 e. The van der Waals surface area contributed by atoms with Crippen LogP contribution in [0.3, 0.4) is 0 Å². The molecular weight excluding hydrogens is 442 g/mol. The molecule has 2 fully saturated rings. The number of aromatic amines is 1. The van der Waals surface area contributed by atoms with Crippen LogP contribution in [0.25, 0.3) is 16.9 Å². The van der Waals surface area contributed by atoms with Gasteiger partial charge < -0.3 is 14.7 Å². The summed E-state index contributed by atoms with van der Waals surface area (Å²) in [4.78, 5) is 7.10. The number of anilines is 1. The van der Waals surface area contributed by atoms with Crippen molar-refractivity contribution in [3.8, 4) is 17.7 Å². The third-order valence-electron chi connectivity index (χ3n) is 6.70. The number of aromatic nitrogens is 5. The Kier molecular flexibility index (Phi) is 5.78. The number of alkyl halides is 2. The molecule has 1 aliphatic carbocycles. The van der Waals surface area contributed by atoms with Gasteiger partial charge in [-0.2, -0.15) is 23.7 Å². The monoisotopic (exact) mass is 470 g/mol. The summed E-state index contributed by atoms with van der Waals surface area (Å²) in [5, 5.41) is 24.1. The fourth-order valence-corrected chi connectivity index (χ4v) is 4.86. The minimum absolute atomic E-state index is 0.129. The van der Waals surface area contributed by atoms with Crippen molar-refractivity contribution in [3.05, 3.63) is 30.1 Å². The minimum atomic E-state index is -3.00. The Morgan fingerprint density at radius 1 is 1.29 bits per heavy atom. The molecule has 1 saturated carbocycles. The maximum atomic E-state index is 13.2. The molecule has 4 heterocycles. The lowest BCUT2D eigenvalue weighted by Crippen LogP contribution is -2.44. The predicted octanol–water partition coefficient (Wildman–Crippen LogP) is 3.41. The zero-order valence-corrected chi connectivity index (χ0v) is 19.3. The van der Waals surface area contributed by atoms with Gasteiger partial charge in [0.15, 0.2) is 11.5 Å². The zero-order valence-electron chi connectivity index (χ0n) is 19.3. The number of H-pyrrole nitrogens is 1. The molecule has 5 rings (SSSR count). The van der Waals surface area contributed by atoms with Crippen LogP contribution in [0.1, 0.15) is 45.1 Å². The van der Waals surface area contributed by atoms with Gasteiger partial charge in [-0.05, 0) is 50.2 Å². The van der Waals surface area contributed by atoms with Gasteiger partial charge in [0.05, 0.1) is 31.1 Å². The third-order valence-corrected chi connectivity index (χ3v) is 6.70. The number of nitrogens with zero attached hydrogens (tertiary/aromatic N) is 5. The van der Waals surface area contributed by atoms with Crippen molar-refractivity contribution < 1.29 is 18.6 Å². The number of hydrogen-bond donors (Lipinski definition) is 2. The van der Waals surface area contributed by atoms with Crippen molar-refractivity contribution in [1.82, 2.24) is 25.0 Å². The summed E-state index contributed by atoms with van der Waals surface area (Å²) in [5.74, 6) is 2.94. The lowest BCUT2D eigenvalue weighted by molar-refractivity contribution is -0.00671. The summed E-state index contributed by atoms with van der Waals surface area (Å²) < 4.78 is 33.6. The van der Waals surface area contributed by atoms with Crippen LogP contribution >= 0.6 is 0 Å². The van der Waals surface area contributed by atoms with E-state index in [1.807, 2.05) is 12.0 Å². The highest BCUT2D eigenvalue weighted by atomic mass is 19.3. The highest BCUT2D eigenvalue weighted by Crippen LogP contribution is 2.43. The van der Waals surface area contributed by atoms with E-state index in [0.29, 0.717) is 56.9 Å². The summed E-state index contributed by atoms with van der Waals surface area (Å²) in [7, 11) is 0. The number of aliphatic hydroxyl groups is 1. The minimum Gasteiger partial charge on any atom is -0.385 e. The summed E-state index contributed by atoms with van der Waals surface area (Å²) >= 11 is 0. The number of ether oxygens (including phenoxy) is 1. The molecule has 0 spiro atoms. The molecule has 0 bridgehead atoms. The molecule has 2 N–H and O–H groups in total. The normalized spacial score (nSPS) is 25.9. The van der Waals surface area contributed by atoms with Crippen LogP contribution in [0.15, 0.2) is 24.5 Å². The number of nitrogens with one attached hydrogen (secondary N) is 1. The fraction of sp³-hybridized carbons (Fsp3) is 0.542. The van der Waals surface area contributed by atoms with Crippen molar-refractivity contribution in [2.75, 3.05) is 24.7 Å². The second kappa shape index (κ2) is 8.64. The van der Waals surface area contributed by atoms with E-state index in [1.54, 1.807) is 23.1 Å². The van der Waals surface area contributed by atoms with Crippen LogP contribution in [-0.2, 0) is 10.3 Å². The first-order chi connectivity index (χ1) is 16.2. The molecule has 0 amide bonds. The average molecular weight is 471 g/mol. The third kappa shape index (κ3) is 4.38. The van der Waals surface area contributed by atoms with Crippen LogP contribution < -0.4 is 4.90 Å². The van der Waals surface area contributed by atoms with Crippen LogP contribution in [0, 0.1) is 17.8 Å². The second-order valence-corrected chi connectivity index (χ2v) is 9.34. The molecule has 1 atom stereocenters. The standard InChI is InChI=1S/C24H28F2N6O2/c1-16-15-34-12-11-31(16)21-13-19(18-14-28-32(22(18)29-21)20-6-10-27-30-20)24(33)8-4-17(5-9-24)3-7-23(2,25)26/h6,10,13-14,16-17,33H,4-5,8-9,11-12,15H2,1-2H3,(H,27,30)/t16-,17?,24?/m1/s1.